The van der Waals surface area contributed by atoms with Crippen molar-refractivity contribution in [1.82, 2.24) is 5.32 Å². The van der Waals surface area contributed by atoms with E-state index in [2.05, 4.69) is 5.32 Å². The summed E-state index contributed by atoms with van der Waals surface area (Å²) in [6.45, 7) is 1.60. The molecule has 21 heavy (non-hydrogen) atoms. The second-order valence-corrected chi connectivity index (χ2v) is 4.70. The maximum Gasteiger partial charge on any atom is 0.408 e. The van der Waals surface area contributed by atoms with Crippen molar-refractivity contribution in [2.75, 3.05) is 12.5 Å². The van der Waals surface area contributed by atoms with Gasteiger partial charge in [0.15, 0.2) is 6.04 Å². The van der Waals surface area contributed by atoms with Crippen LogP contribution in [-0.2, 0) is 20.9 Å². The Hall–Kier alpha value is -1.79. The zero-order valence-electron chi connectivity index (χ0n) is 11.6. The molecule has 0 radical (unpaired) electrons. The molecule has 1 aromatic rings. The highest BCUT2D eigenvalue weighted by Gasteiger charge is 2.21. The average Bonchev–Trinajstić information content (AvgIpc) is 2.49. The van der Waals surface area contributed by atoms with Gasteiger partial charge < -0.3 is 19.9 Å². The van der Waals surface area contributed by atoms with E-state index in [1.807, 2.05) is 18.2 Å². The molecule has 1 amide bonds. The third-order valence-corrected chi connectivity index (χ3v) is 3.00. The van der Waals surface area contributed by atoms with Crippen LogP contribution < -0.4 is 5.32 Å². The van der Waals surface area contributed by atoms with Crippen LogP contribution in [0.4, 0.5) is 4.79 Å². The van der Waals surface area contributed by atoms with Gasteiger partial charge in [-0.05, 0) is 12.5 Å². The van der Waals surface area contributed by atoms with Gasteiger partial charge in [0.1, 0.15) is 6.61 Å². The third-order valence-electron chi connectivity index (χ3n) is 2.57. The number of nitrogens with one attached hydrogen (secondary N) is 1. The Morgan fingerprint density at radius 1 is 1.33 bits per heavy atom. The lowest BCUT2D eigenvalue weighted by Crippen LogP contribution is -2.44. The fraction of sp³-hybridized carbons (Fsp3) is 0.429. The highest BCUT2D eigenvalue weighted by molar-refractivity contribution is 6.18. The quantitative estimate of drug-likeness (QED) is 0.717. The standard InChI is InChI=1S/C14H18ClNO5/c1-10(7-15)20-9-12(13(17)18)16-14(19)21-8-11-5-3-2-4-6-11/h2-6,10,12H,7-9H2,1H3,(H,16,19)(H,17,18)/t10-,12?/m1/s1. The topological polar surface area (TPSA) is 84.9 Å². The van der Waals surface area contributed by atoms with Crippen molar-refractivity contribution in [3.05, 3.63) is 35.9 Å². The Bertz CT molecular complexity index is 454. The maximum absolute atomic E-state index is 11.6. The van der Waals surface area contributed by atoms with Gasteiger partial charge in [-0.15, -0.1) is 11.6 Å². The number of carboxylic acids is 1. The van der Waals surface area contributed by atoms with Gasteiger partial charge in [-0.2, -0.15) is 0 Å². The number of benzene rings is 1. The number of carbonyl (C=O) groups excluding carboxylic acids is 1. The first-order valence-electron chi connectivity index (χ1n) is 6.40. The monoisotopic (exact) mass is 315 g/mol. The number of aliphatic carboxylic acids is 1. The Kier molecular flexibility index (Phi) is 7.56. The number of hydrogen-bond donors (Lipinski definition) is 2. The summed E-state index contributed by atoms with van der Waals surface area (Å²) >= 11 is 5.55. The number of carboxylic acid groups (broad SMARTS) is 1. The number of amides is 1. The summed E-state index contributed by atoms with van der Waals surface area (Å²) in [6.07, 6.45) is -1.11. The Labute approximate surface area is 128 Å². The minimum Gasteiger partial charge on any atom is -0.480 e. The van der Waals surface area contributed by atoms with Crippen molar-refractivity contribution < 1.29 is 24.2 Å². The first-order valence-corrected chi connectivity index (χ1v) is 6.94. The lowest BCUT2D eigenvalue weighted by atomic mass is 10.2. The highest BCUT2D eigenvalue weighted by Crippen LogP contribution is 2.01. The molecule has 1 unspecified atom stereocenters. The van der Waals surface area contributed by atoms with Crippen LogP contribution in [0.5, 0.6) is 0 Å². The van der Waals surface area contributed by atoms with E-state index in [1.54, 1.807) is 19.1 Å². The number of rotatable bonds is 8. The van der Waals surface area contributed by atoms with Crippen molar-refractivity contribution in [3.8, 4) is 0 Å². The van der Waals surface area contributed by atoms with E-state index in [4.69, 9.17) is 26.2 Å². The van der Waals surface area contributed by atoms with Gasteiger partial charge >= 0.3 is 12.1 Å². The number of alkyl carbamates (subject to hydrolysis) is 1. The van der Waals surface area contributed by atoms with Crippen molar-refractivity contribution in [2.24, 2.45) is 0 Å². The van der Waals surface area contributed by atoms with Crippen molar-refractivity contribution in [3.63, 3.8) is 0 Å². The molecule has 0 aromatic heterocycles. The summed E-state index contributed by atoms with van der Waals surface area (Å²) < 4.78 is 10.1. The Morgan fingerprint density at radius 2 is 2.00 bits per heavy atom. The fourth-order valence-electron chi connectivity index (χ4n) is 1.39. The summed E-state index contributed by atoms with van der Waals surface area (Å²) in [6, 6.07) is 7.90. The molecule has 0 aliphatic carbocycles. The zero-order valence-corrected chi connectivity index (χ0v) is 12.4. The smallest absolute Gasteiger partial charge is 0.408 e. The summed E-state index contributed by atoms with van der Waals surface area (Å²) in [5.41, 5.74) is 0.812. The Morgan fingerprint density at radius 3 is 2.57 bits per heavy atom. The van der Waals surface area contributed by atoms with Crippen LogP contribution in [0.15, 0.2) is 30.3 Å². The minimum atomic E-state index is -1.20. The molecule has 2 atom stereocenters. The van der Waals surface area contributed by atoms with E-state index in [0.717, 1.165) is 5.56 Å². The second-order valence-electron chi connectivity index (χ2n) is 4.40. The van der Waals surface area contributed by atoms with Gasteiger partial charge in [-0.1, -0.05) is 30.3 Å². The highest BCUT2D eigenvalue weighted by atomic mass is 35.5. The van der Waals surface area contributed by atoms with Crippen molar-refractivity contribution in [2.45, 2.75) is 25.7 Å². The molecule has 0 spiro atoms. The van der Waals surface area contributed by atoms with E-state index in [9.17, 15) is 9.59 Å². The average molecular weight is 316 g/mol. The van der Waals surface area contributed by atoms with E-state index < -0.39 is 18.1 Å². The SMILES string of the molecule is C[C@H](CCl)OCC(NC(=O)OCc1ccccc1)C(=O)O. The molecule has 0 aliphatic heterocycles. The van der Waals surface area contributed by atoms with Crippen LogP contribution in [0.3, 0.4) is 0 Å². The normalized spacial score (nSPS) is 13.2. The molecule has 0 bridgehead atoms. The Balaban J connectivity index is 2.40. The molecule has 0 saturated carbocycles. The number of alkyl halides is 1. The maximum atomic E-state index is 11.6. The third kappa shape index (κ3) is 6.97. The molecule has 116 valence electrons. The molecule has 0 saturated heterocycles. The molecule has 7 heteroatoms. The van der Waals surface area contributed by atoms with Gasteiger partial charge in [-0.3, -0.25) is 0 Å². The number of carbonyl (C=O) groups is 2. The molecule has 1 rings (SSSR count). The van der Waals surface area contributed by atoms with Crippen LogP contribution in [0.1, 0.15) is 12.5 Å². The molecule has 0 heterocycles. The van der Waals surface area contributed by atoms with Gasteiger partial charge in [0.25, 0.3) is 0 Å². The number of hydrogen-bond acceptors (Lipinski definition) is 4. The van der Waals surface area contributed by atoms with Crippen LogP contribution >= 0.6 is 11.6 Å². The predicted octanol–water partition coefficient (Wildman–Crippen LogP) is 2.01. The molecule has 2 N–H and O–H groups in total. The molecular formula is C14H18ClNO5. The largest absolute Gasteiger partial charge is 0.480 e. The van der Waals surface area contributed by atoms with Crippen molar-refractivity contribution in [1.29, 1.82) is 0 Å². The van der Waals surface area contributed by atoms with Crippen LogP contribution in [0.2, 0.25) is 0 Å². The van der Waals surface area contributed by atoms with Crippen LogP contribution in [-0.4, -0.2) is 41.8 Å². The summed E-state index contributed by atoms with van der Waals surface area (Å²) in [5, 5.41) is 11.2. The minimum absolute atomic E-state index is 0.0674. The van der Waals surface area contributed by atoms with Gasteiger partial charge in [0, 0.05) is 5.88 Å². The predicted molar refractivity (Wildman–Crippen MR) is 77.3 cm³/mol. The lowest BCUT2D eigenvalue weighted by molar-refractivity contribution is -0.141. The molecule has 1 aromatic carbocycles. The van der Waals surface area contributed by atoms with Crippen molar-refractivity contribution >= 4 is 23.7 Å². The van der Waals surface area contributed by atoms with E-state index in [1.165, 1.54) is 0 Å². The van der Waals surface area contributed by atoms with Gasteiger partial charge in [0.2, 0.25) is 0 Å². The lowest BCUT2D eigenvalue weighted by Gasteiger charge is -2.17. The zero-order chi connectivity index (χ0) is 15.7. The van der Waals surface area contributed by atoms with E-state index in [0.29, 0.717) is 0 Å². The van der Waals surface area contributed by atoms with Gasteiger partial charge in [-0.25, -0.2) is 9.59 Å². The van der Waals surface area contributed by atoms with Crippen LogP contribution in [0, 0.1) is 0 Å². The number of ether oxygens (including phenoxy) is 2. The summed E-state index contributed by atoms with van der Waals surface area (Å²) in [5.74, 6) is -0.960. The summed E-state index contributed by atoms with van der Waals surface area (Å²) in [4.78, 5) is 22.6. The molecule has 6 nitrogen and oxygen atoms in total. The molecular weight excluding hydrogens is 298 g/mol. The first kappa shape index (κ1) is 17.3. The molecule has 0 fully saturated rings. The van der Waals surface area contributed by atoms with Crippen LogP contribution in [0.25, 0.3) is 0 Å². The van der Waals surface area contributed by atoms with E-state index in [-0.39, 0.29) is 25.2 Å². The second kappa shape index (κ2) is 9.20. The summed E-state index contributed by atoms with van der Waals surface area (Å²) in [7, 11) is 0. The van der Waals surface area contributed by atoms with E-state index >= 15 is 0 Å². The van der Waals surface area contributed by atoms with Gasteiger partial charge in [0.05, 0.1) is 12.7 Å². The molecule has 0 aliphatic rings. The fourth-order valence-corrected chi connectivity index (χ4v) is 1.48. The first-order chi connectivity index (χ1) is 10.0. The number of halogens is 1.